The molecule has 0 aromatic rings. The molecular formula is C19H38O5S. The average molecular weight is 379 g/mol. The van der Waals surface area contributed by atoms with Gasteiger partial charge in [-0.1, -0.05) is 84.0 Å². The van der Waals surface area contributed by atoms with Gasteiger partial charge in [0.05, 0.1) is 6.61 Å². The fourth-order valence-electron chi connectivity index (χ4n) is 2.89. The molecule has 0 bridgehead atoms. The highest BCUT2D eigenvalue weighted by molar-refractivity contribution is 7.80. The van der Waals surface area contributed by atoms with Gasteiger partial charge in [0.2, 0.25) is 0 Å². The second kappa shape index (κ2) is 17.0. The van der Waals surface area contributed by atoms with E-state index in [1.807, 2.05) is 6.92 Å². The summed E-state index contributed by atoms with van der Waals surface area (Å²) >= 11 is 0. The molecule has 0 aliphatic rings. The standard InChI is InChI=1S/C19H38O5S/c1-2-19(20)17-15-13-11-9-7-5-3-4-6-8-10-12-14-16-18-24-25(21,22)23/h2-18H2,1H3,(H,21,22,23). The third kappa shape index (κ3) is 21.5. The van der Waals surface area contributed by atoms with E-state index in [0.29, 0.717) is 18.6 Å². The summed E-state index contributed by atoms with van der Waals surface area (Å²) in [6.07, 6.45) is 17.9. The summed E-state index contributed by atoms with van der Waals surface area (Å²) in [5, 5.41) is 0. The van der Waals surface area contributed by atoms with Gasteiger partial charge in [0, 0.05) is 12.8 Å². The van der Waals surface area contributed by atoms with Crippen molar-refractivity contribution in [2.45, 2.75) is 110 Å². The molecule has 0 fully saturated rings. The lowest BCUT2D eigenvalue weighted by Crippen LogP contribution is -2.04. The van der Waals surface area contributed by atoms with Gasteiger partial charge in [-0.3, -0.25) is 9.35 Å². The summed E-state index contributed by atoms with van der Waals surface area (Å²) < 4.78 is 33.3. The van der Waals surface area contributed by atoms with E-state index in [0.717, 1.165) is 25.7 Å². The second-order valence-electron chi connectivity index (χ2n) is 6.84. The number of unbranched alkanes of at least 4 members (excludes halogenated alkanes) is 13. The van der Waals surface area contributed by atoms with Gasteiger partial charge in [-0.05, 0) is 12.8 Å². The zero-order valence-electron chi connectivity index (χ0n) is 16.0. The van der Waals surface area contributed by atoms with Crippen LogP contribution in [0.3, 0.4) is 0 Å². The van der Waals surface area contributed by atoms with Gasteiger partial charge in [0.15, 0.2) is 0 Å². The molecule has 0 aliphatic heterocycles. The van der Waals surface area contributed by atoms with Crippen LogP contribution in [0.5, 0.6) is 0 Å². The quantitative estimate of drug-likeness (QED) is 0.232. The molecule has 25 heavy (non-hydrogen) atoms. The van der Waals surface area contributed by atoms with Crippen molar-refractivity contribution >= 4 is 16.2 Å². The highest BCUT2D eigenvalue weighted by Gasteiger charge is 2.02. The van der Waals surface area contributed by atoms with E-state index in [1.54, 1.807) is 0 Å². The summed E-state index contributed by atoms with van der Waals surface area (Å²) in [5.41, 5.74) is 0. The fraction of sp³-hybridized carbons (Fsp3) is 0.947. The number of hydrogen-bond acceptors (Lipinski definition) is 4. The van der Waals surface area contributed by atoms with Crippen molar-refractivity contribution in [2.24, 2.45) is 0 Å². The first-order chi connectivity index (χ1) is 12.0. The van der Waals surface area contributed by atoms with Crippen LogP contribution in [0.1, 0.15) is 110 Å². The van der Waals surface area contributed by atoms with E-state index in [-0.39, 0.29) is 6.61 Å². The van der Waals surface area contributed by atoms with E-state index in [2.05, 4.69) is 4.18 Å². The molecule has 0 saturated heterocycles. The largest absolute Gasteiger partial charge is 0.397 e. The van der Waals surface area contributed by atoms with Crippen molar-refractivity contribution in [1.29, 1.82) is 0 Å². The predicted octanol–water partition coefficient (Wildman–Crippen LogP) is 5.64. The molecule has 0 heterocycles. The number of rotatable bonds is 19. The zero-order valence-corrected chi connectivity index (χ0v) is 16.8. The molecule has 0 aromatic carbocycles. The van der Waals surface area contributed by atoms with Crippen molar-refractivity contribution in [1.82, 2.24) is 0 Å². The fourth-order valence-corrected chi connectivity index (χ4v) is 3.22. The molecule has 5 nitrogen and oxygen atoms in total. The molecule has 0 rings (SSSR count). The molecule has 0 amide bonds. The number of carbonyl (C=O) groups is 1. The maximum atomic E-state index is 11.2. The van der Waals surface area contributed by atoms with Crippen molar-refractivity contribution < 1.29 is 21.9 Å². The first kappa shape index (κ1) is 24.5. The summed E-state index contributed by atoms with van der Waals surface area (Å²) in [6.45, 7) is 2.01. The van der Waals surface area contributed by atoms with Crippen molar-refractivity contribution in [3.63, 3.8) is 0 Å². The Hall–Kier alpha value is -0.460. The number of Topliss-reactive ketones (excluding diaryl/α,β-unsaturated/α-hetero) is 1. The maximum Gasteiger partial charge on any atom is 0.397 e. The van der Waals surface area contributed by atoms with E-state index in [1.165, 1.54) is 64.2 Å². The lowest BCUT2D eigenvalue weighted by Gasteiger charge is -2.03. The Morgan fingerprint density at radius 1 is 0.720 bits per heavy atom. The number of hydrogen-bond donors (Lipinski definition) is 1. The number of carbonyl (C=O) groups excluding carboxylic acids is 1. The molecule has 6 heteroatoms. The Morgan fingerprint density at radius 3 is 1.44 bits per heavy atom. The van der Waals surface area contributed by atoms with Crippen LogP contribution in [-0.4, -0.2) is 25.4 Å². The SMILES string of the molecule is CCC(=O)CCCCCCCCCCCCCCCCOS(=O)(=O)O. The molecule has 0 radical (unpaired) electrons. The molecule has 0 unspecified atom stereocenters. The predicted molar refractivity (Wildman–Crippen MR) is 102 cm³/mol. The minimum atomic E-state index is -4.26. The van der Waals surface area contributed by atoms with Crippen LogP contribution >= 0.6 is 0 Å². The molecule has 0 spiro atoms. The van der Waals surface area contributed by atoms with Gasteiger partial charge in [0.1, 0.15) is 5.78 Å². The van der Waals surface area contributed by atoms with Crippen molar-refractivity contribution in [3.05, 3.63) is 0 Å². The Labute approximate surface area is 154 Å². The van der Waals surface area contributed by atoms with Gasteiger partial charge in [0.25, 0.3) is 0 Å². The van der Waals surface area contributed by atoms with E-state index < -0.39 is 10.4 Å². The molecule has 150 valence electrons. The van der Waals surface area contributed by atoms with Gasteiger partial charge in [-0.25, -0.2) is 4.18 Å². The highest BCUT2D eigenvalue weighted by Crippen LogP contribution is 2.13. The van der Waals surface area contributed by atoms with Crippen LogP contribution in [0.4, 0.5) is 0 Å². The Kier molecular flexibility index (Phi) is 16.7. The Bertz CT molecular complexity index is 406. The molecule has 0 aromatic heterocycles. The van der Waals surface area contributed by atoms with E-state index in [9.17, 15) is 13.2 Å². The van der Waals surface area contributed by atoms with Crippen LogP contribution in [-0.2, 0) is 19.4 Å². The van der Waals surface area contributed by atoms with Gasteiger partial charge in [-0.2, -0.15) is 8.42 Å². The molecular weight excluding hydrogens is 340 g/mol. The monoisotopic (exact) mass is 378 g/mol. The first-order valence-electron chi connectivity index (χ1n) is 10.1. The number of ketones is 1. The first-order valence-corrected chi connectivity index (χ1v) is 11.5. The normalized spacial score (nSPS) is 11.8. The summed E-state index contributed by atoms with van der Waals surface area (Å²) in [6, 6.07) is 0. The highest BCUT2D eigenvalue weighted by atomic mass is 32.3. The molecule has 0 saturated carbocycles. The van der Waals surface area contributed by atoms with Crippen LogP contribution < -0.4 is 0 Å². The maximum absolute atomic E-state index is 11.2. The van der Waals surface area contributed by atoms with Crippen LogP contribution in [0.15, 0.2) is 0 Å². The van der Waals surface area contributed by atoms with Crippen LogP contribution in [0.2, 0.25) is 0 Å². The smallest absolute Gasteiger partial charge is 0.300 e. The van der Waals surface area contributed by atoms with Crippen LogP contribution in [0.25, 0.3) is 0 Å². The lowest BCUT2D eigenvalue weighted by atomic mass is 10.0. The minimum absolute atomic E-state index is 0.0771. The second-order valence-corrected chi connectivity index (χ2v) is 7.93. The third-order valence-electron chi connectivity index (χ3n) is 4.48. The molecule has 0 aliphatic carbocycles. The Morgan fingerprint density at radius 2 is 1.08 bits per heavy atom. The van der Waals surface area contributed by atoms with Crippen molar-refractivity contribution in [3.8, 4) is 0 Å². The Balaban J connectivity index is 3.08. The summed E-state index contributed by atoms with van der Waals surface area (Å²) in [5.74, 6) is 0.395. The van der Waals surface area contributed by atoms with E-state index >= 15 is 0 Å². The third-order valence-corrected chi connectivity index (χ3v) is 4.94. The van der Waals surface area contributed by atoms with Gasteiger partial charge >= 0.3 is 10.4 Å². The topological polar surface area (TPSA) is 80.7 Å². The summed E-state index contributed by atoms with van der Waals surface area (Å²) in [7, 11) is -4.26. The van der Waals surface area contributed by atoms with E-state index in [4.69, 9.17) is 4.55 Å². The molecule has 1 N–H and O–H groups in total. The van der Waals surface area contributed by atoms with Crippen LogP contribution in [0, 0.1) is 0 Å². The average Bonchev–Trinajstić information content (AvgIpc) is 2.56. The summed E-state index contributed by atoms with van der Waals surface area (Å²) in [4.78, 5) is 11.2. The lowest BCUT2D eigenvalue weighted by molar-refractivity contribution is -0.118. The van der Waals surface area contributed by atoms with Gasteiger partial charge in [-0.15, -0.1) is 0 Å². The van der Waals surface area contributed by atoms with Gasteiger partial charge < -0.3 is 0 Å². The zero-order chi connectivity index (χ0) is 18.8. The minimum Gasteiger partial charge on any atom is -0.300 e. The molecule has 0 atom stereocenters. The van der Waals surface area contributed by atoms with Crippen molar-refractivity contribution in [2.75, 3.05) is 6.61 Å².